The maximum absolute atomic E-state index is 13.7. The van der Waals surface area contributed by atoms with E-state index < -0.39 is 64.5 Å². The number of carbonyl (C=O) groups excluding carboxylic acids is 4. The van der Waals surface area contributed by atoms with Gasteiger partial charge in [-0.05, 0) is 43.1 Å². The Morgan fingerprint density at radius 3 is 2.15 bits per heavy atom. The number of fused-ring (bicyclic) bond motifs is 3. The summed E-state index contributed by atoms with van der Waals surface area (Å²) < 4.78 is 17.1. The van der Waals surface area contributed by atoms with Crippen molar-refractivity contribution in [3.8, 4) is 0 Å². The normalized spacial score (nSPS) is 44.5. The van der Waals surface area contributed by atoms with Gasteiger partial charge in [0.15, 0.2) is 11.9 Å². The first-order valence-electron chi connectivity index (χ1n) is 12.1. The molecule has 0 aromatic rings. The minimum atomic E-state index is -1.24. The molecule has 0 saturated heterocycles. The van der Waals surface area contributed by atoms with Crippen molar-refractivity contribution in [2.24, 2.45) is 34.0 Å². The molecule has 9 atom stereocenters. The zero-order chi connectivity index (χ0) is 25.4. The molecular weight excluding hydrogens is 440 g/mol. The van der Waals surface area contributed by atoms with Crippen molar-refractivity contribution >= 4 is 23.7 Å². The molecule has 8 heteroatoms. The largest absolute Gasteiger partial charge is 0.462 e. The first kappa shape index (κ1) is 24.9. The van der Waals surface area contributed by atoms with E-state index in [0.29, 0.717) is 31.3 Å². The maximum Gasteiger partial charge on any atom is 0.303 e. The second kappa shape index (κ2) is 7.90. The summed E-state index contributed by atoms with van der Waals surface area (Å²) in [5.74, 6) is -2.32. The molecule has 0 radical (unpaired) electrons. The Hall–Kier alpha value is -2.22. The van der Waals surface area contributed by atoms with E-state index in [1.807, 2.05) is 20.8 Å². The third-order valence-electron chi connectivity index (χ3n) is 9.42. The van der Waals surface area contributed by atoms with E-state index in [0.717, 1.165) is 0 Å². The lowest BCUT2D eigenvalue weighted by molar-refractivity contribution is -0.287. The summed E-state index contributed by atoms with van der Waals surface area (Å²) in [6, 6.07) is 0. The SMILES string of the molecule is C=C1C(=O)[C@@]23CC[C@@H]4C(C)(C)[C@@H](OC(C)=O)[C@@H](OC(C)=O)[C@H](O)[C@@]4(C)[C@@H]2[C@@H](OC(C)=O)C[C@@H]1C3. The number of hydrogen-bond donors (Lipinski definition) is 1. The fourth-order valence-corrected chi connectivity index (χ4v) is 8.47. The summed E-state index contributed by atoms with van der Waals surface area (Å²) in [5.41, 5.74) is -1.88. The highest BCUT2D eigenvalue weighted by Crippen LogP contribution is 2.71. The van der Waals surface area contributed by atoms with Crippen LogP contribution in [-0.2, 0) is 33.4 Å². The van der Waals surface area contributed by atoms with Crippen molar-refractivity contribution in [3.05, 3.63) is 12.2 Å². The maximum atomic E-state index is 13.7. The van der Waals surface area contributed by atoms with Crippen LogP contribution in [0.3, 0.4) is 0 Å². The summed E-state index contributed by atoms with van der Waals surface area (Å²) in [6.45, 7) is 13.8. The Morgan fingerprint density at radius 2 is 1.59 bits per heavy atom. The molecular formula is C26H36O8. The van der Waals surface area contributed by atoms with Crippen molar-refractivity contribution in [2.75, 3.05) is 0 Å². The molecule has 8 nitrogen and oxygen atoms in total. The zero-order valence-electron chi connectivity index (χ0n) is 20.9. The van der Waals surface area contributed by atoms with Crippen LogP contribution in [0.1, 0.15) is 67.2 Å². The fraction of sp³-hybridized carbons (Fsp3) is 0.769. The first-order chi connectivity index (χ1) is 15.7. The van der Waals surface area contributed by atoms with E-state index in [4.69, 9.17) is 14.2 Å². The van der Waals surface area contributed by atoms with Crippen molar-refractivity contribution < 1.29 is 38.5 Å². The van der Waals surface area contributed by atoms with Crippen LogP contribution in [0.2, 0.25) is 0 Å². The number of esters is 3. The van der Waals surface area contributed by atoms with Crippen LogP contribution < -0.4 is 0 Å². The van der Waals surface area contributed by atoms with Gasteiger partial charge in [-0.3, -0.25) is 19.2 Å². The Labute approximate surface area is 200 Å². The summed E-state index contributed by atoms with van der Waals surface area (Å²) in [4.78, 5) is 49.8. The lowest BCUT2D eigenvalue weighted by Gasteiger charge is -2.67. The molecule has 4 saturated carbocycles. The third kappa shape index (κ3) is 3.28. The molecule has 188 valence electrons. The molecule has 1 spiro atoms. The van der Waals surface area contributed by atoms with Gasteiger partial charge in [0.05, 0.1) is 0 Å². The van der Waals surface area contributed by atoms with Crippen LogP contribution in [0, 0.1) is 34.0 Å². The average molecular weight is 477 g/mol. The summed E-state index contributed by atoms with van der Waals surface area (Å²) >= 11 is 0. The van der Waals surface area contributed by atoms with E-state index >= 15 is 0 Å². The molecule has 4 aliphatic rings. The van der Waals surface area contributed by atoms with Crippen LogP contribution in [0.5, 0.6) is 0 Å². The highest BCUT2D eigenvalue weighted by molar-refractivity contribution is 6.03. The number of aliphatic hydroxyl groups is 1. The Balaban J connectivity index is 1.90. The van der Waals surface area contributed by atoms with Gasteiger partial charge in [0, 0.05) is 42.9 Å². The van der Waals surface area contributed by atoms with Gasteiger partial charge in [-0.2, -0.15) is 0 Å². The van der Waals surface area contributed by atoms with Crippen molar-refractivity contribution in [2.45, 2.75) is 91.6 Å². The van der Waals surface area contributed by atoms with Gasteiger partial charge in [0.25, 0.3) is 0 Å². The van der Waals surface area contributed by atoms with Crippen molar-refractivity contribution in [1.29, 1.82) is 0 Å². The molecule has 0 aromatic carbocycles. The van der Waals surface area contributed by atoms with Gasteiger partial charge >= 0.3 is 17.9 Å². The number of aliphatic hydroxyl groups excluding tert-OH is 1. The Bertz CT molecular complexity index is 952. The summed E-state index contributed by atoms with van der Waals surface area (Å²) in [6.07, 6.45) is -1.54. The van der Waals surface area contributed by atoms with E-state index in [1.165, 1.54) is 20.8 Å². The molecule has 0 aliphatic heterocycles. The van der Waals surface area contributed by atoms with Gasteiger partial charge in [0.1, 0.15) is 18.3 Å². The van der Waals surface area contributed by atoms with Crippen LogP contribution >= 0.6 is 0 Å². The van der Waals surface area contributed by atoms with Gasteiger partial charge in [-0.1, -0.05) is 27.4 Å². The summed E-state index contributed by atoms with van der Waals surface area (Å²) in [7, 11) is 0. The van der Waals surface area contributed by atoms with Crippen LogP contribution in [0.4, 0.5) is 0 Å². The topological polar surface area (TPSA) is 116 Å². The summed E-state index contributed by atoms with van der Waals surface area (Å²) in [5, 5.41) is 11.9. The van der Waals surface area contributed by atoms with Crippen LogP contribution in [0.25, 0.3) is 0 Å². The van der Waals surface area contributed by atoms with E-state index in [9.17, 15) is 24.3 Å². The van der Waals surface area contributed by atoms with E-state index in [2.05, 4.69) is 6.58 Å². The lowest BCUT2D eigenvalue weighted by atomic mass is 9.39. The molecule has 34 heavy (non-hydrogen) atoms. The standard InChI is InChI=1S/C26H36O8/c1-12-16-10-17(32-13(2)27)20-25(7)18(8-9-26(20,11-16)21(12)30)24(5,6)23(34-15(4)29)19(22(25)31)33-14(3)28/h16-20,22-23,31H,1,8-11H2,2-7H3/t16-,17+,18-,19+,20+,22+,23+,25-,26-/m1/s1. The smallest absolute Gasteiger partial charge is 0.303 e. The zero-order valence-corrected chi connectivity index (χ0v) is 20.9. The highest BCUT2D eigenvalue weighted by Gasteiger charge is 2.75. The van der Waals surface area contributed by atoms with Crippen molar-refractivity contribution in [3.63, 3.8) is 0 Å². The second-order valence-corrected chi connectivity index (χ2v) is 11.6. The Morgan fingerprint density at radius 1 is 1.00 bits per heavy atom. The highest BCUT2D eigenvalue weighted by atomic mass is 16.6. The third-order valence-corrected chi connectivity index (χ3v) is 9.42. The van der Waals surface area contributed by atoms with Crippen LogP contribution in [0.15, 0.2) is 12.2 Å². The van der Waals surface area contributed by atoms with Crippen molar-refractivity contribution in [1.82, 2.24) is 0 Å². The van der Waals surface area contributed by atoms with Gasteiger partial charge in [-0.25, -0.2) is 0 Å². The lowest BCUT2D eigenvalue weighted by Crippen LogP contribution is -2.73. The number of carbonyl (C=O) groups is 4. The van der Waals surface area contributed by atoms with E-state index in [-0.39, 0.29) is 17.6 Å². The average Bonchev–Trinajstić information content (AvgIpc) is 2.89. The minimum absolute atomic E-state index is 0.00650. The van der Waals surface area contributed by atoms with Gasteiger partial charge in [0.2, 0.25) is 0 Å². The monoisotopic (exact) mass is 476 g/mol. The predicted octanol–water partition coefficient (Wildman–Crippen LogP) is 2.75. The number of hydrogen-bond acceptors (Lipinski definition) is 8. The molecule has 1 N–H and O–H groups in total. The van der Waals surface area contributed by atoms with Crippen LogP contribution in [-0.4, -0.2) is 53.2 Å². The molecule has 0 heterocycles. The number of rotatable bonds is 3. The quantitative estimate of drug-likeness (QED) is 0.376. The Kier molecular flexibility index (Phi) is 5.78. The fourth-order valence-electron chi connectivity index (χ4n) is 8.47. The molecule has 0 unspecified atom stereocenters. The second-order valence-electron chi connectivity index (χ2n) is 11.6. The van der Waals surface area contributed by atoms with E-state index in [1.54, 1.807) is 0 Å². The van der Waals surface area contributed by atoms with Gasteiger partial charge < -0.3 is 19.3 Å². The number of ketones is 1. The molecule has 0 aromatic heterocycles. The predicted molar refractivity (Wildman–Crippen MR) is 120 cm³/mol. The molecule has 4 aliphatic carbocycles. The molecule has 2 bridgehead atoms. The number of allylic oxidation sites excluding steroid dienone is 1. The minimum Gasteiger partial charge on any atom is -0.462 e. The molecule has 4 rings (SSSR count). The molecule has 4 fully saturated rings. The molecule has 0 amide bonds. The van der Waals surface area contributed by atoms with Gasteiger partial charge in [-0.15, -0.1) is 0 Å². The number of ether oxygens (including phenoxy) is 3. The number of Topliss-reactive ketones (excluding diaryl/α,β-unsaturated/α-hetero) is 1. The first-order valence-corrected chi connectivity index (χ1v) is 12.1.